The number of hydrogen-bond donors (Lipinski definition) is 2. The highest BCUT2D eigenvalue weighted by Crippen LogP contribution is 2.42. The Bertz CT molecular complexity index is 1150. The molecule has 0 saturated carbocycles. The van der Waals surface area contributed by atoms with Crippen molar-refractivity contribution in [2.24, 2.45) is 0 Å². The summed E-state index contributed by atoms with van der Waals surface area (Å²) in [7, 11) is 1.21. The van der Waals surface area contributed by atoms with Crippen LogP contribution in [0.25, 0.3) is 0 Å². The number of nitrogens with one attached hydrogen (secondary N) is 2. The lowest BCUT2D eigenvalue weighted by Gasteiger charge is -2.23. The van der Waals surface area contributed by atoms with Gasteiger partial charge in [0.1, 0.15) is 24.2 Å². The first-order valence-electron chi connectivity index (χ1n) is 9.61. The number of anilines is 1. The molecule has 11 heteroatoms. The van der Waals surface area contributed by atoms with Gasteiger partial charge in [-0.25, -0.2) is 0 Å². The lowest BCUT2D eigenvalue weighted by molar-refractivity contribution is -0.137. The third kappa shape index (κ3) is 4.27. The normalized spacial score (nSPS) is 16.2. The maximum absolute atomic E-state index is 13.4. The third-order valence-corrected chi connectivity index (χ3v) is 4.94. The number of benzene rings is 2. The summed E-state index contributed by atoms with van der Waals surface area (Å²) in [4.78, 5) is 29.0. The first-order valence-corrected chi connectivity index (χ1v) is 9.61. The minimum Gasteiger partial charge on any atom is -0.489 e. The van der Waals surface area contributed by atoms with Crippen molar-refractivity contribution in [2.45, 2.75) is 18.6 Å². The number of fused-ring (bicyclic) bond motifs is 1. The number of halogens is 3. The second-order valence-electron chi connectivity index (χ2n) is 7.17. The number of alkyl halides is 3. The molecule has 0 aliphatic carbocycles. The molecule has 1 aliphatic heterocycles. The van der Waals surface area contributed by atoms with E-state index in [0.29, 0.717) is 12.2 Å². The predicted octanol–water partition coefficient (Wildman–Crippen LogP) is 2.57. The Balaban J connectivity index is 1.50. The van der Waals surface area contributed by atoms with Crippen LogP contribution in [0.5, 0.6) is 5.75 Å². The fraction of sp³-hybridized carbons (Fsp3) is 0.238. The van der Waals surface area contributed by atoms with Crippen LogP contribution in [0.15, 0.2) is 48.5 Å². The molecular weight excluding hydrogens is 427 g/mol. The number of nitrogens with zero attached hydrogens (tertiary/aromatic N) is 3. The average molecular weight is 445 g/mol. The van der Waals surface area contributed by atoms with Gasteiger partial charge in [-0.1, -0.05) is 36.4 Å². The lowest BCUT2D eigenvalue weighted by atomic mass is 10.1. The number of likely N-dealkylation sites (N-methyl/N-ethyl adjacent to an activating group) is 1. The topological polar surface area (TPSA) is 100 Å². The third-order valence-electron chi connectivity index (χ3n) is 4.94. The summed E-state index contributed by atoms with van der Waals surface area (Å²) in [6.45, 7) is -0.339. The standard InChI is InChI=1S/C21H18F3N5O3/c1-29-17-13(21(22,23)24)8-5-9-15(17)32-11-14(20(29)31)25-19(30)18-26-16(27-28-18)10-12-6-3-2-4-7-12/h2-9,14H,10-11H2,1H3,(H,25,30)(H,26,27,28)/t14-/m0/s1. The van der Waals surface area contributed by atoms with Crippen molar-refractivity contribution in [1.82, 2.24) is 20.5 Å². The highest BCUT2D eigenvalue weighted by atomic mass is 19.4. The molecule has 0 fully saturated rings. The molecule has 2 N–H and O–H groups in total. The van der Waals surface area contributed by atoms with Crippen molar-refractivity contribution in [3.8, 4) is 5.75 Å². The van der Waals surface area contributed by atoms with E-state index < -0.39 is 35.3 Å². The number of hydrogen-bond acceptors (Lipinski definition) is 5. The van der Waals surface area contributed by atoms with Gasteiger partial charge in [0.25, 0.3) is 11.8 Å². The van der Waals surface area contributed by atoms with Crippen molar-refractivity contribution >= 4 is 17.5 Å². The molecule has 2 heterocycles. The molecule has 0 saturated heterocycles. The van der Waals surface area contributed by atoms with Crippen LogP contribution in [0.3, 0.4) is 0 Å². The van der Waals surface area contributed by atoms with E-state index in [1.807, 2.05) is 30.3 Å². The van der Waals surface area contributed by atoms with Crippen LogP contribution in [0.2, 0.25) is 0 Å². The van der Waals surface area contributed by atoms with Gasteiger partial charge in [0.15, 0.2) is 0 Å². The van der Waals surface area contributed by atoms with Gasteiger partial charge in [0, 0.05) is 13.5 Å². The highest BCUT2D eigenvalue weighted by Gasteiger charge is 2.40. The van der Waals surface area contributed by atoms with Gasteiger partial charge in [0.05, 0.1) is 11.3 Å². The number of aromatic nitrogens is 3. The Morgan fingerprint density at radius 2 is 1.94 bits per heavy atom. The smallest absolute Gasteiger partial charge is 0.418 e. The minimum atomic E-state index is -4.68. The Morgan fingerprint density at radius 3 is 2.66 bits per heavy atom. The summed E-state index contributed by atoms with van der Waals surface area (Å²) in [6, 6.07) is 11.6. The zero-order valence-electron chi connectivity index (χ0n) is 16.8. The Morgan fingerprint density at radius 1 is 1.19 bits per heavy atom. The van der Waals surface area contributed by atoms with Crippen molar-refractivity contribution in [3.63, 3.8) is 0 Å². The number of para-hydroxylation sites is 1. The lowest BCUT2D eigenvalue weighted by Crippen LogP contribution is -2.49. The quantitative estimate of drug-likeness (QED) is 0.643. The van der Waals surface area contributed by atoms with Gasteiger partial charge in [0.2, 0.25) is 5.82 Å². The van der Waals surface area contributed by atoms with Crippen LogP contribution in [-0.4, -0.2) is 46.7 Å². The molecule has 0 unspecified atom stereocenters. The summed E-state index contributed by atoms with van der Waals surface area (Å²) in [5.74, 6) is -1.25. The van der Waals surface area contributed by atoms with Gasteiger partial charge < -0.3 is 19.9 Å². The number of carbonyl (C=O) groups is 2. The van der Waals surface area contributed by atoms with Crippen molar-refractivity contribution < 1.29 is 27.5 Å². The molecule has 1 aliphatic rings. The number of rotatable bonds is 4. The molecule has 0 radical (unpaired) electrons. The summed E-state index contributed by atoms with van der Waals surface area (Å²) >= 11 is 0. The largest absolute Gasteiger partial charge is 0.489 e. The van der Waals surface area contributed by atoms with Crippen LogP contribution < -0.4 is 15.0 Å². The Labute approximate surface area is 180 Å². The van der Waals surface area contributed by atoms with Crippen molar-refractivity contribution in [2.75, 3.05) is 18.6 Å². The first kappa shape index (κ1) is 21.3. The van der Waals surface area contributed by atoms with E-state index in [1.165, 1.54) is 19.2 Å². The number of ether oxygens (including phenoxy) is 1. The zero-order valence-corrected chi connectivity index (χ0v) is 16.8. The summed E-state index contributed by atoms with van der Waals surface area (Å²) in [5, 5.41) is 10.2. The van der Waals surface area contributed by atoms with Crippen LogP contribution in [0.1, 0.15) is 27.6 Å². The molecule has 2 aromatic carbocycles. The van der Waals surface area contributed by atoms with E-state index in [9.17, 15) is 22.8 Å². The van der Waals surface area contributed by atoms with E-state index in [0.717, 1.165) is 16.5 Å². The van der Waals surface area contributed by atoms with E-state index in [4.69, 9.17) is 4.74 Å². The second-order valence-corrected chi connectivity index (χ2v) is 7.17. The van der Waals surface area contributed by atoms with Crippen LogP contribution in [0, 0.1) is 0 Å². The fourth-order valence-electron chi connectivity index (χ4n) is 3.40. The number of carbonyl (C=O) groups excluding carboxylic acids is 2. The second kappa shape index (κ2) is 8.33. The van der Waals surface area contributed by atoms with Gasteiger partial charge in [-0.05, 0) is 17.7 Å². The SMILES string of the molecule is CN1C(=O)[C@@H](NC(=O)c2nnc(Cc3ccccc3)[nH]2)COc2cccc(C(F)(F)F)c21. The Hall–Kier alpha value is -3.89. The fourth-order valence-corrected chi connectivity index (χ4v) is 3.40. The molecule has 166 valence electrons. The summed E-state index contributed by atoms with van der Waals surface area (Å²) in [5.41, 5.74) is -0.437. The van der Waals surface area contributed by atoms with Gasteiger partial charge in [-0.3, -0.25) is 9.59 Å². The van der Waals surface area contributed by atoms with Crippen molar-refractivity contribution in [1.29, 1.82) is 0 Å². The average Bonchev–Trinajstić information content (AvgIpc) is 3.19. The zero-order chi connectivity index (χ0) is 22.9. The molecule has 32 heavy (non-hydrogen) atoms. The van der Waals surface area contributed by atoms with Gasteiger partial charge >= 0.3 is 6.18 Å². The molecule has 3 aromatic rings. The number of amides is 2. The maximum atomic E-state index is 13.4. The molecule has 1 aromatic heterocycles. The van der Waals surface area contributed by atoms with Gasteiger partial charge in [-0.15, -0.1) is 10.2 Å². The summed E-state index contributed by atoms with van der Waals surface area (Å²) < 4.78 is 45.7. The van der Waals surface area contributed by atoms with E-state index >= 15 is 0 Å². The molecule has 0 bridgehead atoms. The van der Waals surface area contributed by atoms with Crippen molar-refractivity contribution in [3.05, 3.63) is 71.3 Å². The number of aromatic amines is 1. The maximum Gasteiger partial charge on any atom is 0.418 e. The van der Waals surface area contributed by atoms with Crippen LogP contribution in [-0.2, 0) is 17.4 Å². The predicted molar refractivity (Wildman–Crippen MR) is 107 cm³/mol. The number of H-pyrrole nitrogens is 1. The highest BCUT2D eigenvalue weighted by molar-refractivity contribution is 6.03. The molecule has 4 rings (SSSR count). The molecule has 2 amide bonds. The van der Waals surface area contributed by atoms with E-state index in [2.05, 4.69) is 20.5 Å². The Kier molecular flexibility index (Phi) is 5.56. The van der Waals surface area contributed by atoms with E-state index in [-0.39, 0.29) is 18.2 Å². The summed E-state index contributed by atoms with van der Waals surface area (Å²) in [6.07, 6.45) is -4.26. The van der Waals surface area contributed by atoms with Crippen LogP contribution >= 0.6 is 0 Å². The van der Waals surface area contributed by atoms with Crippen LogP contribution in [0.4, 0.5) is 18.9 Å². The molecule has 8 nitrogen and oxygen atoms in total. The monoisotopic (exact) mass is 445 g/mol. The minimum absolute atomic E-state index is 0.0998. The molecule has 1 atom stereocenters. The van der Waals surface area contributed by atoms with E-state index in [1.54, 1.807) is 0 Å². The molecular formula is C21H18F3N5O3. The van der Waals surface area contributed by atoms with Gasteiger partial charge in [-0.2, -0.15) is 13.2 Å². The first-order chi connectivity index (χ1) is 15.2. The molecule has 0 spiro atoms.